The van der Waals surface area contributed by atoms with E-state index >= 15 is 0 Å². The van der Waals surface area contributed by atoms with Crippen molar-refractivity contribution in [1.29, 1.82) is 0 Å². The van der Waals surface area contributed by atoms with Crippen molar-refractivity contribution >= 4 is 11.7 Å². The second-order valence-corrected chi connectivity index (χ2v) is 5.94. The molecular weight excluding hydrogens is 320 g/mol. The lowest BCUT2D eigenvalue weighted by Crippen LogP contribution is -2.32. The van der Waals surface area contributed by atoms with Crippen molar-refractivity contribution in [2.24, 2.45) is 7.05 Å². The average Bonchev–Trinajstić information content (AvgIpc) is 2.86. The molecule has 136 valence electrons. The summed E-state index contributed by atoms with van der Waals surface area (Å²) < 4.78 is 11.9. The van der Waals surface area contributed by atoms with Gasteiger partial charge in [-0.3, -0.25) is 14.4 Å². The van der Waals surface area contributed by atoms with Crippen LogP contribution in [0.5, 0.6) is 5.75 Å². The van der Waals surface area contributed by atoms with E-state index in [1.807, 2.05) is 50.2 Å². The van der Waals surface area contributed by atoms with Crippen LogP contribution in [0.2, 0.25) is 0 Å². The van der Waals surface area contributed by atoms with E-state index in [1.54, 1.807) is 18.9 Å². The molecule has 25 heavy (non-hydrogen) atoms. The molecule has 0 saturated carbocycles. The molecule has 2 rings (SSSR count). The lowest BCUT2D eigenvalue weighted by molar-refractivity contribution is -0.117. The molecular formula is C18H26N4O3. The molecule has 1 heterocycles. The number of rotatable bonds is 8. The fourth-order valence-corrected chi connectivity index (χ4v) is 2.65. The van der Waals surface area contributed by atoms with E-state index in [1.165, 1.54) is 0 Å². The highest BCUT2D eigenvalue weighted by atomic mass is 16.5. The summed E-state index contributed by atoms with van der Waals surface area (Å²) in [5, 5.41) is 7.43. The van der Waals surface area contributed by atoms with Gasteiger partial charge in [-0.05, 0) is 31.7 Å². The molecule has 0 aliphatic heterocycles. The highest BCUT2D eigenvalue weighted by Crippen LogP contribution is 2.32. The Morgan fingerprint density at radius 3 is 2.56 bits per heavy atom. The number of amides is 1. The maximum atomic E-state index is 12.4. The molecule has 1 amide bonds. The van der Waals surface area contributed by atoms with Crippen molar-refractivity contribution in [3.63, 3.8) is 0 Å². The third-order valence-electron chi connectivity index (χ3n) is 3.95. The van der Waals surface area contributed by atoms with Crippen LogP contribution in [0.4, 0.5) is 5.82 Å². The number of likely N-dealkylation sites (N-methyl/N-ethyl adjacent to an activating group) is 1. The van der Waals surface area contributed by atoms with Crippen molar-refractivity contribution in [3.8, 4) is 16.9 Å². The van der Waals surface area contributed by atoms with Crippen molar-refractivity contribution in [3.05, 3.63) is 30.0 Å². The van der Waals surface area contributed by atoms with Crippen LogP contribution in [0.3, 0.4) is 0 Å². The monoisotopic (exact) mass is 346 g/mol. The first-order chi connectivity index (χ1) is 12.0. The summed E-state index contributed by atoms with van der Waals surface area (Å²) in [6.45, 7) is 3.50. The first kappa shape index (κ1) is 19.0. The van der Waals surface area contributed by atoms with Gasteiger partial charge < -0.3 is 14.8 Å². The SMILES string of the molecule is COCCN(C)CC(=O)Nc1c(-c2ccc(OC)cc2)c(C)nn1C. The lowest BCUT2D eigenvalue weighted by atomic mass is 10.1. The maximum absolute atomic E-state index is 12.4. The second-order valence-electron chi connectivity index (χ2n) is 5.94. The molecule has 0 radical (unpaired) electrons. The van der Waals surface area contributed by atoms with Crippen LogP contribution in [0.25, 0.3) is 11.1 Å². The lowest BCUT2D eigenvalue weighted by Gasteiger charge is -2.16. The molecule has 0 unspecified atom stereocenters. The first-order valence-electron chi connectivity index (χ1n) is 8.11. The number of carbonyl (C=O) groups excluding carboxylic acids is 1. The number of benzene rings is 1. The number of aryl methyl sites for hydroxylation is 2. The van der Waals surface area contributed by atoms with Gasteiger partial charge in [0.1, 0.15) is 11.6 Å². The van der Waals surface area contributed by atoms with Crippen molar-refractivity contribution in [2.75, 3.05) is 46.3 Å². The Hall–Kier alpha value is -2.38. The van der Waals surface area contributed by atoms with Gasteiger partial charge in [0, 0.05) is 26.3 Å². The molecule has 7 nitrogen and oxygen atoms in total. The van der Waals surface area contributed by atoms with Crippen LogP contribution in [-0.2, 0) is 16.6 Å². The number of aromatic nitrogens is 2. The minimum absolute atomic E-state index is 0.0867. The predicted octanol–water partition coefficient (Wildman–Crippen LogP) is 1.92. The van der Waals surface area contributed by atoms with Crippen LogP contribution >= 0.6 is 0 Å². The number of ether oxygens (including phenoxy) is 2. The highest BCUT2D eigenvalue weighted by Gasteiger charge is 2.18. The van der Waals surface area contributed by atoms with E-state index in [2.05, 4.69) is 10.4 Å². The molecule has 0 aliphatic carbocycles. The summed E-state index contributed by atoms with van der Waals surface area (Å²) in [5.41, 5.74) is 2.75. The average molecular weight is 346 g/mol. The minimum Gasteiger partial charge on any atom is -0.497 e. The molecule has 1 N–H and O–H groups in total. The largest absolute Gasteiger partial charge is 0.497 e. The van der Waals surface area contributed by atoms with Crippen molar-refractivity contribution < 1.29 is 14.3 Å². The number of carbonyl (C=O) groups is 1. The molecule has 0 atom stereocenters. The third kappa shape index (κ3) is 4.80. The van der Waals surface area contributed by atoms with Crippen molar-refractivity contribution in [1.82, 2.24) is 14.7 Å². The van der Waals surface area contributed by atoms with Gasteiger partial charge in [0.2, 0.25) is 5.91 Å². The smallest absolute Gasteiger partial charge is 0.239 e. The fourth-order valence-electron chi connectivity index (χ4n) is 2.65. The zero-order valence-electron chi connectivity index (χ0n) is 15.5. The Kier molecular flexibility index (Phi) is 6.55. The summed E-state index contributed by atoms with van der Waals surface area (Å²) in [7, 11) is 6.99. The molecule has 1 aromatic heterocycles. The van der Waals surface area contributed by atoms with Gasteiger partial charge in [0.15, 0.2) is 0 Å². The Bertz CT molecular complexity index is 710. The van der Waals surface area contributed by atoms with Gasteiger partial charge in [-0.15, -0.1) is 0 Å². The van der Waals surface area contributed by atoms with Gasteiger partial charge in [-0.2, -0.15) is 5.10 Å². The topological polar surface area (TPSA) is 68.6 Å². The highest BCUT2D eigenvalue weighted by molar-refractivity contribution is 5.96. The van der Waals surface area contributed by atoms with Crippen LogP contribution < -0.4 is 10.1 Å². The Morgan fingerprint density at radius 2 is 1.96 bits per heavy atom. The van der Waals surface area contributed by atoms with Gasteiger partial charge in [-0.1, -0.05) is 12.1 Å². The number of methoxy groups -OCH3 is 2. The Morgan fingerprint density at radius 1 is 1.28 bits per heavy atom. The van der Waals surface area contributed by atoms with E-state index < -0.39 is 0 Å². The zero-order chi connectivity index (χ0) is 18.4. The van der Waals surface area contributed by atoms with Gasteiger partial charge in [0.25, 0.3) is 0 Å². The van der Waals surface area contributed by atoms with E-state index in [0.29, 0.717) is 19.0 Å². The first-order valence-corrected chi connectivity index (χ1v) is 8.11. The number of hydrogen-bond donors (Lipinski definition) is 1. The standard InChI is InChI=1S/C18H26N4O3/c1-13-17(14-6-8-15(25-5)9-7-14)18(22(3)20-13)19-16(23)12-21(2)10-11-24-4/h6-9H,10-12H2,1-5H3,(H,19,23). The second kappa shape index (κ2) is 8.64. The normalized spacial score (nSPS) is 11.0. The van der Waals surface area contributed by atoms with Crippen LogP contribution in [0.15, 0.2) is 24.3 Å². The van der Waals surface area contributed by atoms with Crippen LogP contribution in [0.1, 0.15) is 5.69 Å². The molecule has 7 heteroatoms. The fraction of sp³-hybridized carbons (Fsp3) is 0.444. The minimum atomic E-state index is -0.0867. The number of nitrogens with zero attached hydrogens (tertiary/aromatic N) is 3. The molecule has 2 aromatic rings. The maximum Gasteiger partial charge on any atom is 0.239 e. The number of nitrogens with one attached hydrogen (secondary N) is 1. The number of anilines is 1. The van der Waals surface area contributed by atoms with Gasteiger partial charge in [0.05, 0.1) is 26.0 Å². The summed E-state index contributed by atoms with van der Waals surface area (Å²) in [6, 6.07) is 7.71. The molecule has 0 aliphatic rings. The molecule has 0 bridgehead atoms. The van der Waals surface area contributed by atoms with E-state index in [4.69, 9.17) is 9.47 Å². The molecule has 0 fully saturated rings. The molecule has 1 aromatic carbocycles. The summed E-state index contributed by atoms with van der Waals surface area (Å²) in [5.74, 6) is 1.39. The number of hydrogen-bond acceptors (Lipinski definition) is 5. The van der Waals surface area contributed by atoms with Crippen molar-refractivity contribution in [2.45, 2.75) is 6.92 Å². The Labute approximate surface area is 148 Å². The quantitative estimate of drug-likeness (QED) is 0.791. The summed E-state index contributed by atoms with van der Waals surface area (Å²) in [4.78, 5) is 14.3. The Balaban J connectivity index is 2.19. The zero-order valence-corrected chi connectivity index (χ0v) is 15.5. The molecule has 0 spiro atoms. The molecule has 0 saturated heterocycles. The predicted molar refractivity (Wildman–Crippen MR) is 97.9 cm³/mol. The van der Waals surface area contributed by atoms with Crippen LogP contribution in [0, 0.1) is 6.92 Å². The van der Waals surface area contributed by atoms with E-state index in [9.17, 15) is 4.79 Å². The van der Waals surface area contributed by atoms with Gasteiger partial charge in [-0.25, -0.2) is 0 Å². The van der Waals surface area contributed by atoms with E-state index in [-0.39, 0.29) is 12.5 Å². The van der Waals surface area contributed by atoms with Gasteiger partial charge >= 0.3 is 0 Å². The summed E-state index contributed by atoms with van der Waals surface area (Å²) >= 11 is 0. The van der Waals surface area contributed by atoms with E-state index in [0.717, 1.165) is 22.6 Å². The summed E-state index contributed by atoms with van der Waals surface area (Å²) in [6.07, 6.45) is 0. The third-order valence-corrected chi connectivity index (χ3v) is 3.95. The van der Waals surface area contributed by atoms with Crippen LogP contribution in [-0.4, -0.2) is 61.6 Å².